The van der Waals surface area contributed by atoms with Gasteiger partial charge in [-0.25, -0.2) is 4.98 Å². The summed E-state index contributed by atoms with van der Waals surface area (Å²) in [4.78, 5) is 4.15. The zero-order chi connectivity index (χ0) is 12.3. The number of nitrogens with two attached hydrogens (primary N) is 1. The molecule has 2 rings (SSSR count). The first-order valence-corrected chi connectivity index (χ1v) is 6.07. The Hall–Kier alpha value is -1.39. The highest BCUT2D eigenvalue weighted by Crippen LogP contribution is 2.29. The Labute approximate surface area is 109 Å². The zero-order valence-corrected chi connectivity index (χ0v) is 11.1. The number of hydrogen-bond acceptors (Lipinski definition) is 3. The molecule has 0 aliphatic carbocycles. The summed E-state index contributed by atoms with van der Waals surface area (Å²) < 4.78 is 6.61. The lowest BCUT2D eigenvalue weighted by molar-refractivity contribution is 0.459. The van der Waals surface area contributed by atoms with E-state index in [-0.39, 0.29) is 0 Å². The van der Waals surface area contributed by atoms with Gasteiger partial charge >= 0.3 is 0 Å². The maximum atomic E-state index is 5.69. The average Bonchev–Trinajstić information content (AvgIpc) is 2.33. The van der Waals surface area contributed by atoms with E-state index in [1.165, 1.54) is 5.56 Å². The van der Waals surface area contributed by atoms with E-state index in [2.05, 4.69) is 20.9 Å². The third-order valence-electron chi connectivity index (χ3n) is 2.34. The van der Waals surface area contributed by atoms with E-state index in [4.69, 9.17) is 10.5 Å². The van der Waals surface area contributed by atoms with E-state index in [0.717, 1.165) is 15.8 Å². The molecule has 3 nitrogen and oxygen atoms in total. The fourth-order valence-corrected chi connectivity index (χ4v) is 2.01. The van der Waals surface area contributed by atoms with Crippen LogP contribution in [0.2, 0.25) is 0 Å². The van der Waals surface area contributed by atoms with Crippen LogP contribution in [0.3, 0.4) is 0 Å². The Bertz CT molecular complexity index is 529. The molecule has 0 fully saturated rings. The summed E-state index contributed by atoms with van der Waals surface area (Å²) in [5.41, 5.74) is 7.74. The van der Waals surface area contributed by atoms with Gasteiger partial charge in [0.25, 0.3) is 0 Å². The molecule has 0 amide bonds. The van der Waals surface area contributed by atoms with Crippen molar-refractivity contribution in [3.63, 3.8) is 0 Å². The number of pyridine rings is 1. The van der Waals surface area contributed by atoms with Gasteiger partial charge in [-0.2, -0.15) is 0 Å². The monoisotopic (exact) mass is 292 g/mol. The van der Waals surface area contributed by atoms with Crippen molar-refractivity contribution in [2.24, 2.45) is 5.73 Å². The molecule has 2 N–H and O–H groups in total. The first-order chi connectivity index (χ1) is 8.19. The average molecular weight is 293 g/mol. The summed E-state index contributed by atoms with van der Waals surface area (Å²) >= 11 is 3.46. The summed E-state index contributed by atoms with van der Waals surface area (Å²) in [5.74, 6) is 1.30. The van der Waals surface area contributed by atoms with Gasteiger partial charge in [0.15, 0.2) is 0 Å². The van der Waals surface area contributed by atoms with Crippen molar-refractivity contribution in [2.75, 3.05) is 0 Å². The van der Waals surface area contributed by atoms with Crippen molar-refractivity contribution in [1.29, 1.82) is 0 Å². The van der Waals surface area contributed by atoms with E-state index in [1.807, 2.05) is 37.3 Å². The van der Waals surface area contributed by atoms with E-state index >= 15 is 0 Å². The molecule has 2 aromatic rings. The van der Waals surface area contributed by atoms with Crippen LogP contribution in [-0.4, -0.2) is 4.98 Å². The summed E-state index contributed by atoms with van der Waals surface area (Å²) in [5, 5.41) is 0. The number of aromatic nitrogens is 1. The van der Waals surface area contributed by atoms with Crippen LogP contribution in [0.25, 0.3) is 0 Å². The topological polar surface area (TPSA) is 48.1 Å². The Morgan fingerprint density at radius 3 is 2.82 bits per heavy atom. The molecule has 17 heavy (non-hydrogen) atoms. The van der Waals surface area contributed by atoms with Crippen LogP contribution in [-0.2, 0) is 6.54 Å². The Kier molecular flexibility index (Phi) is 3.76. The van der Waals surface area contributed by atoms with Crippen LogP contribution >= 0.6 is 15.9 Å². The highest BCUT2D eigenvalue weighted by molar-refractivity contribution is 9.10. The molecule has 1 aromatic carbocycles. The van der Waals surface area contributed by atoms with Crippen LogP contribution in [0.15, 0.2) is 41.0 Å². The van der Waals surface area contributed by atoms with Crippen molar-refractivity contribution in [1.82, 2.24) is 4.98 Å². The summed E-state index contributed by atoms with van der Waals surface area (Å²) in [6, 6.07) is 9.62. The van der Waals surface area contributed by atoms with Gasteiger partial charge in [-0.3, -0.25) is 0 Å². The summed E-state index contributed by atoms with van der Waals surface area (Å²) in [6.45, 7) is 2.51. The van der Waals surface area contributed by atoms with Crippen molar-refractivity contribution in [3.05, 3.63) is 52.1 Å². The van der Waals surface area contributed by atoms with Crippen molar-refractivity contribution >= 4 is 15.9 Å². The highest BCUT2D eigenvalue weighted by atomic mass is 79.9. The molecule has 88 valence electrons. The van der Waals surface area contributed by atoms with Gasteiger partial charge in [0.2, 0.25) is 5.88 Å². The van der Waals surface area contributed by atoms with E-state index in [9.17, 15) is 0 Å². The molecule has 4 heteroatoms. The molecule has 0 saturated carbocycles. The van der Waals surface area contributed by atoms with Gasteiger partial charge in [0.05, 0.1) is 4.47 Å². The first-order valence-electron chi connectivity index (χ1n) is 5.28. The largest absolute Gasteiger partial charge is 0.438 e. The SMILES string of the molecule is Cc1ccc(Oc2cc(CN)ccn2)c(Br)c1. The molecule has 0 spiro atoms. The lowest BCUT2D eigenvalue weighted by Crippen LogP contribution is -1.97. The van der Waals surface area contributed by atoms with E-state index in [1.54, 1.807) is 6.20 Å². The number of rotatable bonds is 3. The molecule has 1 heterocycles. The van der Waals surface area contributed by atoms with Gasteiger partial charge in [-0.05, 0) is 52.2 Å². The predicted molar refractivity (Wildman–Crippen MR) is 71.1 cm³/mol. The van der Waals surface area contributed by atoms with E-state index in [0.29, 0.717) is 12.4 Å². The van der Waals surface area contributed by atoms with Crippen LogP contribution in [0.1, 0.15) is 11.1 Å². The quantitative estimate of drug-likeness (QED) is 0.943. The number of halogens is 1. The second-order valence-electron chi connectivity index (χ2n) is 3.74. The smallest absolute Gasteiger partial charge is 0.219 e. The molecular formula is C13H13BrN2O. The molecule has 1 aromatic heterocycles. The van der Waals surface area contributed by atoms with Crippen LogP contribution in [0, 0.1) is 6.92 Å². The Balaban J connectivity index is 2.25. The molecule has 0 atom stereocenters. The third-order valence-corrected chi connectivity index (χ3v) is 2.96. The summed E-state index contributed by atoms with van der Waals surface area (Å²) in [7, 11) is 0. The fraction of sp³-hybridized carbons (Fsp3) is 0.154. The molecule has 0 aliphatic rings. The lowest BCUT2D eigenvalue weighted by atomic mass is 10.2. The number of benzene rings is 1. The van der Waals surface area contributed by atoms with Crippen molar-refractivity contribution in [2.45, 2.75) is 13.5 Å². The van der Waals surface area contributed by atoms with Gasteiger partial charge < -0.3 is 10.5 Å². The number of nitrogens with zero attached hydrogens (tertiary/aromatic N) is 1. The molecule has 0 saturated heterocycles. The molecule has 0 radical (unpaired) electrons. The van der Waals surface area contributed by atoms with Gasteiger partial charge in [-0.15, -0.1) is 0 Å². The maximum absolute atomic E-state index is 5.69. The van der Waals surface area contributed by atoms with Gasteiger partial charge in [0.1, 0.15) is 5.75 Å². The normalized spacial score (nSPS) is 10.3. The van der Waals surface area contributed by atoms with Crippen molar-refractivity contribution in [3.8, 4) is 11.6 Å². The second-order valence-corrected chi connectivity index (χ2v) is 4.60. The lowest BCUT2D eigenvalue weighted by Gasteiger charge is -2.08. The van der Waals surface area contributed by atoms with Gasteiger partial charge in [-0.1, -0.05) is 6.07 Å². The zero-order valence-electron chi connectivity index (χ0n) is 9.48. The first kappa shape index (κ1) is 12.1. The number of ether oxygens (including phenoxy) is 1. The predicted octanol–water partition coefficient (Wildman–Crippen LogP) is 3.40. The third kappa shape index (κ3) is 3.05. The second kappa shape index (κ2) is 5.29. The Morgan fingerprint density at radius 1 is 1.29 bits per heavy atom. The minimum atomic E-state index is 0.480. The minimum Gasteiger partial charge on any atom is -0.438 e. The molecule has 0 aliphatic heterocycles. The van der Waals surface area contributed by atoms with Crippen LogP contribution in [0.4, 0.5) is 0 Å². The fourth-order valence-electron chi connectivity index (χ4n) is 1.43. The van der Waals surface area contributed by atoms with Crippen LogP contribution < -0.4 is 10.5 Å². The minimum absolute atomic E-state index is 0.480. The number of aryl methyl sites for hydroxylation is 1. The molecular weight excluding hydrogens is 280 g/mol. The van der Waals surface area contributed by atoms with Crippen molar-refractivity contribution < 1.29 is 4.74 Å². The van der Waals surface area contributed by atoms with Crippen LogP contribution in [0.5, 0.6) is 11.6 Å². The Morgan fingerprint density at radius 2 is 2.12 bits per heavy atom. The standard InChI is InChI=1S/C13H13BrN2O/c1-9-2-3-12(11(14)6-9)17-13-7-10(8-15)4-5-16-13/h2-7H,8,15H2,1H3. The maximum Gasteiger partial charge on any atom is 0.219 e. The van der Waals surface area contributed by atoms with E-state index < -0.39 is 0 Å². The highest BCUT2D eigenvalue weighted by Gasteiger charge is 2.04. The van der Waals surface area contributed by atoms with Gasteiger partial charge in [0, 0.05) is 18.8 Å². The summed E-state index contributed by atoms with van der Waals surface area (Å²) in [6.07, 6.45) is 1.69. The molecule has 0 bridgehead atoms. The molecule has 0 unspecified atom stereocenters. The number of hydrogen-bond donors (Lipinski definition) is 1.